The minimum absolute atomic E-state index is 0.0837. The van der Waals surface area contributed by atoms with Crippen molar-refractivity contribution in [3.63, 3.8) is 0 Å². The van der Waals surface area contributed by atoms with Gasteiger partial charge in [0.05, 0.1) is 5.69 Å². The van der Waals surface area contributed by atoms with Crippen LogP contribution in [-0.2, 0) is 13.1 Å². The molecule has 5 heteroatoms. The average molecular weight is 248 g/mol. The van der Waals surface area contributed by atoms with Crippen molar-refractivity contribution < 1.29 is 9.90 Å². The maximum absolute atomic E-state index is 10.7. The van der Waals surface area contributed by atoms with Crippen LogP contribution in [0.4, 0.5) is 0 Å². The van der Waals surface area contributed by atoms with Gasteiger partial charge >= 0.3 is 5.97 Å². The number of aromatic carboxylic acids is 1. The monoisotopic (exact) mass is 248 g/mol. The van der Waals surface area contributed by atoms with Crippen LogP contribution in [0.3, 0.4) is 0 Å². The Labute approximate surface area is 103 Å². The third kappa shape index (κ3) is 3.37. The van der Waals surface area contributed by atoms with Gasteiger partial charge in [0, 0.05) is 18.0 Å². The zero-order valence-electron chi connectivity index (χ0n) is 9.09. The largest absolute Gasteiger partial charge is 0.477 e. The molecule has 0 aliphatic heterocycles. The summed E-state index contributed by atoms with van der Waals surface area (Å²) >= 11 is 1.69. The Morgan fingerprint density at radius 2 is 2.18 bits per heavy atom. The number of carboxylic acids is 1. The van der Waals surface area contributed by atoms with Gasteiger partial charge in [-0.1, -0.05) is 12.1 Å². The molecule has 2 heterocycles. The van der Waals surface area contributed by atoms with Crippen molar-refractivity contribution in [2.24, 2.45) is 0 Å². The van der Waals surface area contributed by atoms with E-state index < -0.39 is 5.97 Å². The fourth-order valence-corrected chi connectivity index (χ4v) is 2.10. The Balaban J connectivity index is 1.90. The van der Waals surface area contributed by atoms with Gasteiger partial charge in [-0.2, -0.15) is 0 Å². The highest BCUT2D eigenvalue weighted by molar-refractivity contribution is 7.09. The van der Waals surface area contributed by atoms with Crippen LogP contribution in [0, 0.1) is 0 Å². The van der Waals surface area contributed by atoms with E-state index in [1.807, 2.05) is 17.5 Å². The first-order valence-electron chi connectivity index (χ1n) is 5.18. The van der Waals surface area contributed by atoms with E-state index in [4.69, 9.17) is 5.11 Å². The standard InChI is InChI=1S/C12H12N2O2S/c15-12(16)11-5-1-3-9(14-11)7-13-8-10-4-2-6-17-10/h1-6,13H,7-8H2,(H,15,16). The van der Waals surface area contributed by atoms with Crippen LogP contribution in [0.1, 0.15) is 21.1 Å². The molecule has 2 aromatic rings. The lowest BCUT2D eigenvalue weighted by atomic mass is 10.3. The van der Waals surface area contributed by atoms with Gasteiger partial charge in [0.15, 0.2) is 0 Å². The molecule has 0 spiro atoms. The quantitative estimate of drug-likeness (QED) is 0.851. The Morgan fingerprint density at radius 3 is 2.88 bits per heavy atom. The number of nitrogens with zero attached hydrogens (tertiary/aromatic N) is 1. The van der Waals surface area contributed by atoms with E-state index >= 15 is 0 Å². The molecule has 0 saturated heterocycles. The predicted octanol–water partition coefficient (Wildman–Crippen LogP) is 2.13. The maximum Gasteiger partial charge on any atom is 0.354 e. The Hall–Kier alpha value is -1.72. The van der Waals surface area contributed by atoms with E-state index in [1.54, 1.807) is 17.4 Å². The van der Waals surface area contributed by atoms with E-state index in [1.165, 1.54) is 10.9 Å². The van der Waals surface area contributed by atoms with Crippen LogP contribution >= 0.6 is 11.3 Å². The first kappa shape index (κ1) is 11.8. The molecule has 0 fully saturated rings. The molecule has 0 unspecified atom stereocenters. The first-order chi connectivity index (χ1) is 8.25. The summed E-state index contributed by atoms with van der Waals surface area (Å²) in [5.41, 5.74) is 0.821. The number of pyridine rings is 1. The lowest BCUT2D eigenvalue weighted by Crippen LogP contribution is -2.14. The van der Waals surface area contributed by atoms with Crippen LogP contribution in [0.15, 0.2) is 35.7 Å². The third-order valence-corrected chi connectivity index (χ3v) is 3.09. The predicted molar refractivity (Wildman–Crippen MR) is 66.1 cm³/mol. The summed E-state index contributed by atoms with van der Waals surface area (Å²) in [5, 5.41) is 14.1. The summed E-state index contributed by atoms with van der Waals surface area (Å²) in [5.74, 6) is -0.995. The molecule has 0 aliphatic rings. The van der Waals surface area contributed by atoms with Crippen molar-refractivity contribution in [1.29, 1.82) is 0 Å². The summed E-state index contributed by atoms with van der Waals surface area (Å²) in [7, 11) is 0. The van der Waals surface area contributed by atoms with Gasteiger partial charge in [-0.05, 0) is 23.6 Å². The molecule has 0 bridgehead atoms. The first-order valence-corrected chi connectivity index (χ1v) is 6.06. The second-order valence-electron chi connectivity index (χ2n) is 3.50. The van der Waals surface area contributed by atoms with E-state index in [9.17, 15) is 4.79 Å². The number of carbonyl (C=O) groups is 1. The van der Waals surface area contributed by atoms with Crippen molar-refractivity contribution in [2.75, 3.05) is 0 Å². The summed E-state index contributed by atoms with van der Waals surface area (Å²) < 4.78 is 0. The molecule has 0 amide bonds. The molecular formula is C12H12N2O2S. The zero-order chi connectivity index (χ0) is 12.1. The Morgan fingerprint density at radius 1 is 1.29 bits per heavy atom. The molecular weight excluding hydrogens is 236 g/mol. The second-order valence-corrected chi connectivity index (χ2v) is 4.53. The van der Waals surface area contributed by atoms with Gasteiger partial charge in [0.2, 0.25) is 0 Å². The lowest BCUT2D eigenvalue weighted by molar-refractivity contribution is 0.0690. The molecule has 2 N–H and O–H groups in total. The molecule has 0 saturated carbocycles. The topological polar surface area (TPSA) is 62.2 Å². The summed E-state index contributed by atoms with van der Waals surface area (Å²) in [6, 6.07) is 9.07. The maximum atomic E-state index is 10.7. The normalized spacial score (nSPS) is 10.4. The molecule has 0 aromatic carbocycles. The van der Waals surface area contributed by atoms with Crippen LogP contribution in [0.5, 0.6) is 0 Å². The number of aromatic nitrogens is 1. The summed E-state index contributed by atoms with van der Waals surface area (Å²) in [4.78, 5) is 16.0. The van der Waals surface area contributed by atoms with Crippen molar-refractivity contribution in [1.82, 2.24) is 10.3 Å². The third-order valence-electron chi connectivity index (χ3n) is 2.21. The molecule has 4 nitrogen and oxygen atoms in total. The van der Waals surface area contributed by atoms with Crippen molar-refractivity contribution in [3.05, 3.63) is 52.0 Å². The summed E-state index contributed by atoms with van der Waals surface area (Å²) in [6.07, 6.45) is 0. The molecule has 0 atom stereocenters. The zero-order valence-corrected chi connectivity index (χ0v) is 9.91. The van der Waals surface area contributed by atoms with Gasteiger partial charge in [0.1, 0.15) is 5.69 Å². The highest BCUT2D eigenvalue weighted by atomic mass is 32.1. The van der Waals surface area contributed by atoms with Crippen LogP contribution in [0.2, 0.25) is 0 Å². The van der Waals surface area contributed by atoms with Gasteiger partial charge in [-0.15, -0.1) is 11.3 Å². The number of hydrogen-bond acceptors (Lipinski definition) is 4. The van der Waals surface area contributed by atoms with Crippen molar-refractivity contribution >= 4 is 17.3 Å². The van der Waals surface area contributed by atoms with E-state index in [0.717, 1.165) is 12.2 Å². The van der Waals surface area contributed by atoms with E-state index in [-0.39, 0.29) is 5.69 Å². The molecule has 2 rings (SSSR count). The molecule has 2 aromatic heterocycles. The minimum Gasteiger partial charge on any atom is -0.477 e. The van der Waals surface area contributed by atoms with E-state index in [0.29, 0.717) is 6.54 Å². The van der Waals surface area contributed by atoms with Crippen LogP contribution in [0.25, 0.3) is 0 Å². The molecule has 0 aliphatic carbocycles. The van der Waals surface area contributed by atoms with Gasteiger partial charge in [-0.3, -0.25) is 0 Å². The lowest BCUT2D eigenvalue weighted by Gasteiger charge is -2.03. The van der Waals surface area contributed by atoms with Crippen LogP contribution in [-0.4, -0.2) is 16.1 Å². The highest BCUT2D eigenvalue weighted by Crippen LogP contribution is 2.08. The Kier molecular flexibility index (Phi) is 3.85. The average Bonchev–Trinajstić information content (AvgIpc) is 2.82. The Bertz CT molecular complexity index is 497. The van der Waals surface area contributed by atoms with Crippen molar-refractivity contribution in [2.45, 2.75) is 13.1 Å². The smallest absolute Gasteiger partial charge is 0.354 e. The second kappa shape index (κ2) is 5.56. The minimum atomic E-state index is -0.995. The number of thiophene rings is 1. The number of rotatable bonds is 5. The highest BCUT2D eigenvalue weighted by Gasteiger charge is 2.04. The SMILES string of the molecule is O=C(O)c1cccc(CNCc2cccs2)n1. The molecule has 88 valence electrons. The van der Waals surface area contributed by atoms with Gasteiger partial charge in [-0.25, -0.2) is 9.78 Å². The molecule has 17 heavy (non-hydrogen) atoms. The van der Waals surface area contributed by atoms with Gasteiger partial charge < -0.3 is 10.4 Å². The van der Waals surface area contributed by atoms with Gasteiger partial charge in [0.25, 0.3) is 0 Å². The van der Waals surface area contributed by atoms with Crippen LogP contribution < -0.4 is 5.32 Å². The fourth-order valence-electron chi connectivity index (χ4n) is 1.42. The summed E-state index contributed by atoms with van der Waals surface area (Å²) in [6.45, 7) is 1.34. The fraction of sp³-hybridized carbons (Fsp3) is 0.167. The number of carboxylic acid groups (broad SMARTS) is 1. The number of nitrogens with one attached hydrogen (secondary N) is 1. The van der Waals surface area contributed by atoms with Crippen molar-refractivity contribution in [3.8, 4) is 0 Å². The molecule has 0 radical (unpaired) electrons. The number of hydrogen-bond donors (Lipinski definition) is 2. The van der Waals surface area contributed by atoms with E-state index in [2.05, 4.69) is 16.4 Å².